The number of hydrogen-bond donors (Lipinski definition) is 1. The van der Waals surface area contributed by atoms with Crippen LogP contribution in [0.25, 0.3) is 0 Å². The van der Waals surface area contributed by atoms with E-state index in [2.05, 4.69) is 0 Å². The Bertz CT molecular complexity index is 540. The van der Waals surface area contributed by atoms with E-state index in [1.807, 2.05) is 0 Å². The highest BCUT2D eigenvalue weighted by atomic mass is 35.5. The Morgan fingerprint density at radius 3 is 2.65 bits per heavy atom. The van der Waals surface area contributed by atoms with Gasteiger partial charge in [-0.2, -0.15) is 0 Å². The minimum atomic E-state index is -3.60. The van der Waals surface area contributed by atoms with Gasteiger partial charge in [-0.3, -0.25) is 0 Å². The molecular weight excluding hydrogens is 265 g/mol. The van der Waals surface area contributed by atoms with Gasteiger partial charge in [-0.15, -0.1) is 0 Å². The summed E-state index contributed by atoms with van der Waals surface area (Å²) >= 11 is 5.85. The van der Waals surface area contributed by atoms with E-state index in [0.29, 0.717) is 5.02 Å². The average Bonchev–Trinajstić information content (AvgIpc) is 2.29. The number of aryl methyl sites for hydroxylation is 1. The third kappa shape index (κ3) is 3.52. The van der Waals surface area contributed by atoms with Gasteiger partial charge in [0.1, 0.15) is 0 Å². The molecule has 1 aromatic rings. The first kappa shape index (κ1) is 14.2. The van der Waals surface area contributed by atoms with Gasteiger partial charge in [0.25, 0.3) is 0 Å². The highest BCUT2D eigenvalue weighted by Gasteiger charge is 2.17. The molecular formula is C11H13ClFNO2S. The van der Waals surface area contributed by atoms with Gasteiger partial charge in [-0.1, -0.05) is 17.7 Å². The molecule has 0 spiro atoms. The van der Waals surface area contributed by atoms with E-state index in [0.717, 1.165) is 5.56 Å². The zero-order chi connectivity index (χ0) is 13.1. The van der Waals surface area contributed by atoms with Crippen LogP contribution in [-0.4, -0.2) is 20.7 Å². The molecule has 0 aliphatic heterocycles. The highest BCUT2D eigenvalue weighted by molar-refractivity contribution is 7.91. The topological polar surface area (TPSA) is 60.2 Å². The van der Waals surface area contributed by atoms with Crippen molar-refractivity contribution in [1.29, 1.82) is 0 Å². The zero-order valence-electron chi connectivity index (χ0n) is 9.28. The van der Waals surface area contributed by atoms with Crippen molar-refractivity contribution in [3.05, 3.63) is 40.7 Å². The molecule has 3 nitrogen and oxygen atoms in total. The Balaban J connectivity index is 3.09. The Morgan fingerprint density at radius 1 is 1.53 bits per heavy atom. The lowest BCUT2D eigenvalue weighted by Gasteiger charge is -2.07. The Hall–Kier alpha value is -0.910. The summed E-state index contributed by atoms with van der Waals surface area (Å²) in [6, 6.07) is 4.41. The van der Waals surface area contributed by atoms with Crippen molar-refractivity contribution >= 4 is 21.4 Å². The van der Waals surface area contributed by atoms with Crippen LogP contribution in [0, 0.1) is 6.92 Å². The SMILES string of the molecule is Cc1ccc(S(=O)(=O)C/C(=C/F)CN)cc1Cl. The maximum Gasteiger partial charge on any atom is 0.182 e. The first-order valence-electron chi connectivity index (χ1n) is 4.88. The summed E-state index contributed by atoms with van der Waals surface area (Å²) in [5.41, 5.74) is 6.04. The summed E-state index contributed by atoms with van der Waals surface area (Å²) in [5, 5.41) is 0.365. The molecule has 94 valence electrons. The first-order valence-corrected chi connectivity index (χ1v) is 6.91. The Morgan fingerprint density at radius 2 is 2.18 bits per heavy atom. The molecule has 0 aromatic heterocycles. The van der Waals surface area contributed by atoms with Crippen LogP contribution in [0.2, 0.25) is 5.02 Å². The van der Waals surface area contributed by atoms with Gasteiger partial charge in [0, 0.05) is 11.6 Å². The van der Waals surface area contributed by atoms with Crippen LogP contribution in [0.3, 0.4) is 0 Å². The Labute approximate surface area is 105 Å². The number of benzene rings is 1. The lowest BCUT2D eigenvalue weighted by Crippen LogP contribution is -2.15. The fourth-order valence-electron chi connectivity index (χ4n) is 1.23. The number of nitrogens with two attached hydrogens (primary N) is 1. The standard InChI is InChI=1S/C11H13ClFNO2S/c1-8-2-3-10(4-11(8)12)17(15,16)7-9(5-13)6-14/h2-5H,6-7,14H2,1H3/b9-5+. The molecule has 17 heavy (non-hydrogen) atoms. The molecule has 1 rings (SSSR count). The molecule has 0 saturated carbocycles. The highest BCUT2D eigenvalue weighted by Crippen LogP contribution is 2.21. The normalized spacial score (nSPS) is 12.8. The molecule has 0 radical (unpaired) electrons. The summed E-state index contributed by atoms with van der Waals surface area (Å²) in [5.74, 6) is -0.431. The first-order chi connectivity index (χ1) is 7.90. The van der Waals surface area contributed by atoms with Gasteiger partial charge in [0.05, 0.1) is 17.0 Å². The zero-order valence-corrected chi connectivity index (χ0v) is 10.9. The molecule has 0 bridgehead atoms. The number of halogens is 2. The molecule has 0 heterocycles. The van der Waals surface area contributed by atoms with Gasteiger partial charge in [0.2, 0.25) is 0 Å². The molecule has 0 aliphatic rings. The van der Waals surface area contributed by atoms with Crippen molar-refractivity contribution < 1.29 is 12.8 Å². The summed E-state index contributed by atoms with van der Waals surface area (Å²) in [4.78, 5) is 0.0703. The summed E-state index contributed by atoms with van der Waals surface area (Å²) in [7, 11) is -3.60. The van der Waals surface area contributed by atoms with Crippen molar-refractivity contribution in [2.45, 2.75) is 11.8 Å². The van der Waals surface area contributed by atoms with E-state index in [9.17, 15) is 12.8 Å². The summed E-state index contributed by atoms with van der Waals surface area (Å²) in [6.45, 7) is 1.64. The smallest absolute Gasteiger partial charge is 0.182 e. The second kappa shape index (κ2) is 5.62. The predicted molar refractivity (Wildman–Crippen MR) is 66.5 cm³/mol. The molecule has 0 fully saturated rings. The summed E-state index contributed by atoms with van der Waals surface area (Å²) < 4.78 is 36.1. The van der Waals surface area contributed by atoms with Crippen LogP contribution < -0.4 is 5.73 Å². The predicted octanol–water partition coefficient (Wildman–Crippen LogP) is 2.23. The lowest BCUT2D eigenvalue weighted by atomic mass is 10.2. The molecule has 0 amide bonds. The van der Waals surface area contributed by atoms with Crippen molar-refractivity contribution in [1.82, 2.24) is 0 Å². The van der Waals surface area contributed by atoms with Gasteiger partial charge >= 0.3 is 0 Å². The maximum absolute atomic E-state index is 12.3. The molecule has 6 heteroatoms. The van der Waals surface area contributed by atoms with Crippen molar-refractivity contribution in [2.75, 3.05) is 12.3 Å². The van der Waals surface area contributed by atoms with Crippen molar-refractivity contribution in [2.24, 2.45) is 5.73 Å². The second-order valence-corrected chi connectivity index (χ2v) is 6.04. The molecule has 0 saturated heterocycles. The lowest BCUT2D eigenvalue weighted by molar-refractivity contribution is 0.596. The minimum Gasteiger partial charge on any atom is -0.327 e. The third-order valence-corrected chi connectivity index (χ3v) is 4.42. The van der Waals surface area contributed by atoms with E-state index >= 15 is 0 Å². The van der Waals surface area contributed by atoms with Gasteiger partial charge in [0.15, 0.2) is 9.84 Å². The van der Waals surface area contributed by atoms with Gasteiger partial charge in [-0.05, 0) is 30.2 Å². The van der Waals surface area contributed by atoms with E-state index in [4.69, 9.17) is 17.3 Å². The second-order valence-electron chi connectivity index (χ2n) is 3.64. The summed E-state index contributed by atoms with van der Waals surface area (Å²) in [6.07, 6.45) is 0.230. The van der Waals surface area contributed by atoms with Crippen LogP contribution in [0.15, 0.2) is 35.0 Å². The molecule has 0 atom stereocenters. The molecule has 0 aliphatic carbocycles. The van der Waals surface area contributed by atoms with E-state index in [1.54, 1.807) is 13.0 Å². The Kier molecular flexibility index (Phi) is 4.68. The van der Waals surface area contributed by atoms with Crippen LogP contribution in [0.5, 0.6) is 0 Å². The van der Waals surface area contributed by atoms with Crippen molar-refractivity contribution in [3.63, 3.8) is 0 Å². The third-order valence-electron chi connectivity index (χ3n) is 2.29. The fourth-order valence-corrected chi connectivity index (χ4v) is 2.88. The van der Waals surface area contributed by atoms with Crippen LogP contribution in [-0.2, 0) is 9.84 Å². The minimum absolute atomic E-state index is 0.0293. The average molecular weight is 278 g/mol. The largest absolute Gasteiger partial charge is 0.327 e. The number of hydrogen-bond acceptors (Lipinski definition) is 3. The maximum atomic E-state index is 12.3. The van der Waals surface area contributed by atoms with Gasteiger partial charge < -0.3 is 5.73 Å². The molecule has 2 N–H and O–H groups in total. The number of rotatable bonds is 4. The fraction of sp³-hybridized carbons (Fsp3) is 0.273. The molecule has 0 unspecified atom stereocenters. The van der Waals surface area contributed by atoms with Crippen LogP contribution in [0.1, 0.15) is 5.56 Å². The van der Waals surface area contributed by atoms with Crippen LogP contribution in [0.4, 0.5) is 4.39 Å². The van der Waals surface area contributed by atoms with E-state index in [-0.39, 0.29) is 23.3 Å². The van der Waals surface area contributed by atoms with Crippen LogP contribution >= 0.6 is 11.6 Å². The van der Waals surface area contributed by atoms with E-state index in [1.165, 1.54) is 12.1 Å². The van der Waals surface area contributed by atoms with E-state index < -0.39 is 15.6 Å². The number of sulfone groups is 1. The molecule has 1 aromatic carbocycles. The van der Waals surface area contributed by atoms with Gasteiger partial charge in [-0.25, -0.2) is 12.8 Å². The quantitative estimate of drug-likeness (QED) is 0.918. The van der Waals surface area contributed by atoms with Crippen molar-refractivity contribution in [3.8, 4) is 0 Å². The monoisotopic (exact) mass is 277 g/mol.